The standard InChI is InChI=1S/C15H18ClNOS/c1-3-13(17)15(11-6-7-19-9-11)18-14-5-4-12(16)8-10(14)2/h4-9,13,15H,3,17H2,1-2H3. The fourth-order valence-corrected chi connectivity index (χ4v) is 2.85. The second-order valence-electron chi connectivity index (χ2n) is 4.58. The average molecular weight is 296 g/mol. The van der Waals surface area contributed by atoms with Gasteiger partial charge in [0.15, 0.2) is 0 Å². The Bertz CT molecular complexity index is 527. The summed E-state index contributed by atoms with van der Waals surface area (Å²) in [6.07, 6.45) is 0.754. The highest BCUT2D eigenvalue weighted by atomic mass is 35.5. The van der Waals surface area contributed by atoms with Crippen molar-refractivity contribution in [2.75, 3.05) is 0 Å². The van der Waals surface area contributed by atoms with Gasteiger partial charge in [0.05, 0.1) is 0 Å². The summed E-state index contributed by atoms with van der Waals surface area (Å²) in [5.74, 6) is 0.838. The Morgan fingerprint density at radius 3 is 2.74 bits per heavy atom. The van der Waals surface area contributed by atoms with Crippen molar-refractivity contribution < 1.29 is 4.74 Å². The first kappa shape index (κ1) is 14.4. The zero-order chi connectivity index (χ0) is 13.8. The molecular formula is C15H18ClNOS. The Labute approximate surface area is 123 Å². The van der Waals surface area contributed by atoms with E-state index < -0.39 is 0 Å². The molecule has 2 unspecified atom stereocenters. The number of nitrogens with two attached hydrogens (primary N) is 1. The summed E-state index contributed by atoms with van der Waals surface area (Å²) in [6.45, 7) is 4.06. The molecule has 0 fully saturated rings. The molecule has 0 spiro atoms. The van der Waals surface area contributed by atoms with Gasteiger partial charge in [-0.2, -0.15) is 11.3 Å². The number of thiophene rings is 1. The molecule has 0 saturated heterocycles. The lowest BCUT2D eigenvalue weighted by atomic mass is 10.0. The van der Waals surface area contributed by atoms with Gasteiger partial charge in [0.1, 0.15) is 11.9 Å². The number of aryl methyl sites for hydroxylation is 1. The highest BCUT2D eigenvalue weighted by Crippen LogP contribution is 2.30. The average Bonchev–Trinajstić information content (AvgIpc) is 2.91. The van der Waals surface area contributed by atoms with Crippen molar-refractivity contribution in [2.24, 2.45) is 5.73 Å². The van der Waals surface area contributed by atoms with Crippen molar-refractivity contribution in [1.29, 1.82) is 0 Å². The van der Waals surface area contributed by atoms with Gasteiger partial charge in [0.25, 0.3) is 0 Å². The predicted octanol–water partition coefficient (Wildman–Crippen LogP) is 4.57. The molecule has 2 nitrogen and oxygen atoms in total. The summed E-state index contributed by atoms with van der Waals surface area (Å²) in [5, 5.41) is 4.85. The van der Waals surface area contributed by atoms with Gasteiger partial charge in [0, 0.05) is 16.6 Å². The molecule has 2 N–H and O–H groups in total. The van der Waals surface area contributed by atoms with E-state index in [9.17, 15) is 0 Å². The molecule has 2 aromatic rings. The van der Waals surface area contributed by atoms with Crippen LogP contribution in [0.2, 0.25) is 5.02 Å². The van der Waals surface area contributed by atoms with Gasteiger partial charge in [-0.15, -0.1) is 0 Å². The smallest absolute Gasteiger partial charge is 0.140 e. The molecule has 4 heteroatoms. The third kappa shape index (κ3) is 3.50. The molecule has 19 heavy (non-hydrogen) atoms. The van der Waals surface area contributed by atoms with Gasteiger partial charge in [-0.05, 0) is 53.9 Å². The Balaban J connectivity index is 2.25. The number of hydrogen-bond acceptors (Lipinski definition) is 3. The van der Waals surface area contributed by atoms with Gasteiger partial charge in [-0.3, -0.25) is 0 Å². The molecule has 1 heterocycles. The van der Waals surface area contributed by atoms with Crippen LogP contribution in [0, 0.1) is 6.92 Å². The van der Waals surface area contributed by atoms with Crippen LogP contribution >= 0.6 is 22.9 Å². The summed E-state index contributed by atoms with van der Waals surface area (Å²) >= 11 is 7.62. The van der Waals surface area contributed by atoms with Crippen LogP contribution in [0.25, 0.3) is 0 Å². The van der Waals surface area contributed by atoms with Gasteiger partial charge < -0.3 is 10.5 Å². The van der Waals surface area contributed by atoms with E-state index in [4.69, 9.17) is 22.1 Å². The van der Waals surface area contributed by atoms with Crippen LogP contribution in [0.1, 0.15) is 30.6 Å². The zero-order valence-electron chi connectivity index (χ0n) is 11.1. The SMILES string of the molecule is CCC(N)C(Oc1ccc(Cl)cc1C)c1ccsc1. The third-order valence-electron chi connectivity index (χ3n) is 3.12. The molecular weight excluding hydrogens is 278 g/mol. The summed E-state index contributed by atoms with van der Waals surface area (Å²) in [5.41, 5.74) is 8.35. The molecule has 0 aliphatic rings. The summed E-state index contributed by atoms with van der Waals surface area (Å²) < 4.78 is 6.12. The van der Waals surface area contributed by atoms with Gasteiger partial charge in [-0.25, -0.2) is 0 Å². The monoisotopic (exact) mass is 295 g/mol. The minimum Gasteiger partial charge on any atom is -0.484 e. The van der Waals surface area contributed by atoms with Crippen LogP contribution in [0.5, 0.6) is 5.75 Å². The van der Waals surface area contributed by atoms with Crippen LogP contribution in [0.15, 0.2) is 35.0 Å². The maximum Gasteiger partial charge on any atom is 0.140 e. The first-order valence-corrected chi connectivity index (χ1v) is 7.64. The van der Waals surface area contributed by atoms with Crippen molar-refractivity contribution in [3.63, 3.8) is 0 Å². The lowest BCUT2D eigenvalue weighted by Crippen LogP contribution is -2.31. The zero-order valence-corrected chi connectivity index (χ0v) is 12.7. The van der Waals surface area contributed by atoms with E-state index in [1.54, 1.807) is 11.3 Å². The van der Waals surface area contributed by atoms with Crippen molar-refractivity contribution >= 4 is 22.9 Å². The summed E-state index contributed by atoms with van der Waals surface area (Å²) in [7, 11) is 0. The topological polar surface area (TPSA) is 35.2 Å². The van der Waals surface area contributed by atoms with E-state index in [2.05, 4.69) is 18.4 Å². The van der Waals surface area contributed by atoms with Crippen LogP contribution in [-0.2, 0) is 0 Å². The largest absolute Gasteiger partial charge is 0.484 e. The van der Waals surface area contributed by atoms with E-state index in [0.717, 1.165) is 28.3 Å². The molecule has 0 bridgehead atoms. The van der Waals surface area contributed by atoms with Crippen molar-refractivity contribution in [3.05, 3.63) is 51.2 Å². The Kier molecular flexibility index (Phi) is 4.86. The first-order valence-electron chi connectivity index (χ1n) is 6.32. The molecule has 0 radical (unpaired) electrons. The number of ether oxygens (including phenoxy) is 1. The number of benzene rings is 1. The van der Waals surface area contributed by atoms with Crippen LogP contribution < -0.4 is 10.5 Å². The molecule has 102 valence electrons. The molecule has 2 atom stereocenters. The minimum absolute atomic E-state index is 0.0234. The fourth-order valence-electron chi connectivity index (χ4n) is 1.94. The lowest BCUT2D eigenvalue weighted by Gasteiger charge is -2.24. The van der Waals surface area contributed by atoms with E-state index in [1.807, 2.05) is 30.5 Å². The van der Waals surface area contributed by atoms with E-state index >= 15 is 0 Å². The maximum absolute atomic E-state index is 6.19. The second-order valence-corrected chi connectivity index (χ2v) is 5.79. The number of rotatable bonds is 5. The summed E-state index contributed by atoms with van der Waals surface area (Å²) in [4.78, 5) is 0. The second kappa shape index (κ2) is 6.42. The highest BCUT2D eigenvalue weighted by Gasteiger charge is 2.21. The van der Waals surface area contributed by atoms with Crippen molar-refractivity contribution in [1.82, 2.24) is 0 Å². The Morgan fingerprint density at radius 2 is 2.16 bits per heavy atom. The molecule has 1 aromatic carbocycles. The van der Waals surface area contributed by atoms with Crippen LogP contribution in [0.4, 0.5) is 0 Å². The molecule has 2 rings (SSSR count). The van der Waals surface area contributed by atoms with Gasteiger partial charge in [0.2, 0.25) is 0 Å². The maximum atomic E-state index is 6.19. The summed E-state index contributed by atoms with van der Waals surface area (Å²) in [6, 6.07) is 7.69. The predicted molar refractivity (Wildman–Crippen MR) is 82.1 cm³/mol. The van der Waals surface area contributed by atoms with Crippen LogP contribution in [-0.4, -0.2) is 6.04 Å². The molecule has 0 saturated carbocycles. The Morgan fingerprint density at radius 1 is 1.37 bits per heavy atom. The van der Waals surface area contributed by atoms with E-state index in [0.29, 0.717) is 0 Å². The highest BCUT2D eigenvalue weighted by molar-refractivity contribution is 7.07. The van der Waals surface area contributed by atoms with Gasteiger partial charge in [-0.1, -0.05) is 18.5 Å². The number of halogens is 1. The molecule has 1 aromatic heterocycles. The minimum atomic E-state index is -0.115. The van der Waals surface area contributed by atoms with E-state index in [1.165, 1.54) is 0 Å². The molecule has 0 aliphatic carbocycles. The quantitative estimate of drug-likeness (QED) is 0.877. The fraction of sp³-hybridized carbons (Fsp3) is 0.333. The Hall–Kier alpha value is -1.03. The lowest BCUT2D eigenvalue weighted by molar-refractivity contribution is 0.170. The first-order chi connectivity index (χ1) is 9.11. The number of hydrogen-bond donors (Lipinski definition) is 1. The van der Waals surface area contributed by atoms with Crippen molar-refractivity contribution in [2.45, 2.75) is 32.4 Å². The molecule has 0 amide bonds. The van der Waals surface area contributed by atoms with Crippen molar-refractivity contribution in [3.8, 4) is 5.75 Å². The van der Waals surface area contributed by atoms with Crippen LogP contribution in [0.3, 0.4) is 0 Å². The van der Waals surface area contributed by atoms with E-state index in [-0.39, 0.29) is 12.1 Å². The normalized spacial score (nSPS) is 14.1. The van der Waals surface area contributed by atoms with Gasteiger partial charge >= 0.3 is 0 Å². The molecule has 0 aliphatic heterocycles. The third-order valence-corrected chi connectivity index (χ3v) is 4.06.